The van der Waals surface area contributed by atoms with Gasteiger partial charge in [0.05, 0.1) is 54.0 Å². The summed E-state index contributed by atoms with van der Waals surface area (Å²) in [7, 11) is -3.66. The minimum Gasteiger partial charge on any atom is -0.379 e. The second-order valence-electron chi connectivity index (χ2n) is 11.7. The summed E-state index contributed by atoms with van der Waals surface area (Å²) in [5.74, 6) is 0.496. The van der Waals surface area contributed by atoms with Gasteiger partial charge in [-0.2, -0.15) is 5.10 Å². The first-order valence-electron chi connectivity index (χ1n) is 14.9. The number of hydrogen-bond acceptors (Lipinski definition) is 8. The van der Waals surface area contributed by atoms with Gasteiger partial charge in [-0.1, -0.05) is 24.6 Å². The number of anilines is 1. The molecule has 0 atom stereocenters. The fraction of sp³-hybridized carbons (Fsp3) is 0.567. The lowest BCUT2D eigenvalue weighted by Gasteiger charge is -2.36. The fourth-order valence-corrected chi connectivity index (χ4v) is 6.78. The second kappa shape index (κ2) is 12.1. The monoisotopic (exact) mass is 580 g/mol. The molecule has 4 heterocycles. The standard InChI is InChI=1S/C30H40N6O4S/c1-41(38,39)33-27(37)21-24-20-26(35-14-11-22(12-15-35)10-13-34-16-18-40-19-17-34)28-29(23-6-5-7-23)32-36(30(28)31-24)25-8-3-2-4-9-25/h2-4,8-9,20,22-23H,5-7,10-19,21H2,1H3,(H,33,37). The van der Waals surface area contributed by atoms with Crippen molar-refractivity contribution in [2.45, 2.75) is 50.9 Å². The van der Waals surface area contributed by atoms with E-state index in [2.05, 4.69) is 14.5 Å². The van der Waals surface area contributed by atoms with Crippen LogP contribution in [0.25, 0.3) is 16.7 Å². The average Bonchev–Trinajstić information content (AvgIpc) is 3.29. The molecule has 2 aliphatic heterocycles. The van der Waals surface area contributed by atoms with E-state index >= 15 is 0 Å². The van der Waals surface area contributed by atoms with Gasteiger partial charge in [0, 0.05) is 32.1 Å². The Labute approximate surface area is 242 Å². The van der Waals surface area contributed by atoms with Gasteiger partial charge in [-0.25, -0.2) is 18.1 Å². The number of amides is 1. The number of carbonyl (C=O) groups is 1. The number of nitrogens with zero attached hydrogens (tertiary/aromatic N) is 5. The molecule has 6 rings (SSSR count). The molecule has 220 valence electrons. The summed E-state index contributed by atoms with van der Waals surface area (Å²) < 4.78 is 32.9. The largest absolute Gasteiger partial charge is 0.379 e. The van der Waals surface area contributed by atoms with Crippen molar-refractivity contribution < 1.29 is 17.9 Å². The van der Waals surface area contributed by atoms with Crippen molar-refractivity contribution in [1.82, 2.24) is 24.4 Å². The molecule has 3 aliphatic rings. The van der Waals surface area contributed by atoms with E-state index in [0.717, 1.165) is 106 Å². The molecule has 1 N–H and O–H groups in total. The summed E-state index contributed by atoms with van der Waals surface area (Å²) >= 11 is 0. The molecule has 1 amide bonds. The van der Waals surface area contributed by atoms with Crippen molar-refractivity contribution in [2.75, 3.05) is 57.1 Å². The van der Waals surface area contributed by atoms with E-state index in [1.54, 1.807) is 0 Å². The van der Waals surface area contributed by atoms with Gasteiger partial charge >= 0.3 is 0 Å². The van der Waals surface area contributed by atoms with Crippen LogP contribution in [0.1, 0.15) is 55.8 Å². The van der Waals surface area contributed by atoms with Gasteiger partial charge in [0.15, 0.2) is 5.65 Å². The normalized spacial score (nSPS) is 19.4. The quantitative estimate of drug-likeness (QED) is 0.411. The number of pyridine rings is 1. The smallest absolute Gasteiger partial charge is 0.239 e. The molecule has 0 unspecified atom stereocenters. The Morgan fingerprint density at radius 2 is 1.78 bits per heavy atom. The maximum Gasteiger partial charge on any atom is 0.239 e. The van der Waals surface area contributed by atoms with E-state index in [-0.39, 0.29) is 6.42 Å². The third kappa shape index (κ3) is 6.57. The van der Waals surface area contributed by atoms with E-state index in [9.17, 15) is 13.2 Å². The van der Waals surface area contributed by atoms with Crippen LogP contribution in [0, 0.1) is 5.92 Å². The predicted octanol–water partition coefficient (Wildman–Crippen LogP) is 3.25. The van der Waals surface area contributed by atoms with E-state index in [0.29, 0.717) is 17.5 Å². The maximum atomic E-state index is 12.6. The minimum absolute atomic E-state index is 0.120. The summed E-state index contributed by atoms with van der Waals surface area (Å²) in [4.78, 5) is 22.5. The third-order valence-electron chi connectivity index (χ3n) is 8.74. The molecule has 1 saturated carbocycles. The number of nitrogens with one attached hydrogen (secondary N) is 1. The number of aromatic nitrogens is 3. The SMILES string of the molecule is CS(=O)(=O)NC(=O)Cc1cc(N2CCC(CCN3CCOCC3)CC2)c2c(C3CCC3)nn(-c3ccccc3)c2n1. The number of carbonyl (C=O) groups excluding carboxylic acids is 1. The Hall–Kier alpha value is -3.02. The highest BCUT2D eigenvalue weighted by Crippen LogP contribution is 2.43. The van der Waals surface area contributed by atoms with Gasteiger partial charge < -0.3 is 9.64 Å². The van der Waals surface area contributed by atoms with Crippen LogP contribution in [0.15, 0.2) is 36.4 Å². The second-order valence-corrected chi connectivity index (χ2v) is 13.5. The summed E-state index contributed by atoms with van der Waals surface area (Å²) in [6.07, 6.45) is 7.73. The van der Waals surface area contributed by atoms with Gasteiger partial charge in [0.1, 0.15) is 0 Å². The number of para-hydroxylation sites is 1. The number of sulfonamides is 1. The number of rotatable bonds is 9. The Kier molecular flexibility index (Phi) is 8.28. The van der Waals surface area contributed by atoms with Crippen LogP contribution < -0.4 is 9.62 Å². The van der Waals surface area contributed by atoms with E-state index in [1.807, 2.05) is 41.1 Å². The molecule has 1 aromatic carbocycles. The van der Waals surface area contributed by atoms with E-state index < -0.39 is 15.9 Å². The fourth-order valence-electron chi connectivity index (χ4n) is 6.29. The molecule has 41 heavy (non-hydrogen) atoms. The molecule has 3 fully saturated rings. The van der Waals surface area contributed by atoms with Crippen molar-refractivity contribution in [3.8, 4) is 5.69 Å². The zero-order valence-corrected chi connectivity index (χ0v) is 24.6. The van der Waals surface area contributed by atoms with E-state index in [1.165, 1.54) is 12.8 Å². The predicted molar refractivity (Wildman–Crippen MR) is 159 cm³/mol. The summed E-state index contributed by atoms with van der Waals surface area (Å²) in [5.41, 5.74) is 4.33. The van der Waals surface area contributed by atoms with Crippen LogP contribution in [0.2, 0.25) is 0 Å². The van der Waals surface area contributed by atoms with Gasteiger partial charge in [-0.3, -0.25) is 14.4 Å². The highest BCUT2D eigenvalue weighted by Gasteiger charge is 2.31. The first-order valence-corrected chi connectivity index (χ1v) is 16.8. The lowest BCUT2D eigenvalue weighted by Crippen LogP contribution is -2.39. The molecule has 3 aromatic rings. The highest BCUT2D eigenvalue weighted by atomic mass is 32.2. The highest BCUT2D eigenvalue weighted by molar-refractivity contribution is 7.89. The topological polar surface area (TPSA) is 110 Å². The van der Waals surface area contributed by atoms with Crippen LogP contribution in [0.4, 0.5) is 5.69 Å². The van der Waals surface area contributed by atoms with Crippen molar-refractivity contribution in [3.63, 3.8) is 0 Å². The third-order valence-corrected chi connectivity index (χ3v) is 9.34. The van der Waals surface area contributed by atoms with Crippen LogP contribution >= 0.6 is 0 Å². The molecule has 0 spiro atoms. The molecule has 0 radical (unpaired) electrons. The van der Waals surface area contributed by atoms with Crippen LogP contribution in [-0.2, 0) is 26.0 Å². The van der Waals surface area contributed by atoms with Gasteiger partial charge in [-0.05, 0) is 62.8 Å². The number of fused-ring (bicyclic) bond motifs is 1. The number of benzene rings is 1. The maximum absolute atomic E-state index is 12.6. The van der Waals surface area contributed by atoms with Gasteiger partial charge in [0.25, 0.3) is 0 Å². The average molecular weight is 581 g/mol. The van der Waals surface area contributed by atoms with E-state index in [4.69, 9.17) is 14.8 Å². The molecular weight excluding hydrogens is 540 g/mol. The number of piperidine rings is 1. The molecular formula is C30H40N6O4S. The molecule has 11 heteroatoms. The van der Waals surface area contributed by atoms with Gasteiger partial charge in [0.2, 0.25) is 15.9 Å². The Balaban J connectivity index is 1.32. The zero-order chi connectivity index (χ0) is 28.4. The molecule has 0 bridgehead atoms. The molecule has 1 aliphatic carbocycles. The Morgan fingerprint density at radius 1 is 1.05 bits per heavy atom. The van der Waals surface area contributed by atoms with Crippen LogP contribution in [0.3, 0.4) is 0 Å². The Bertz CT molecular complexity index is 1470. The molecule has 10 nitrogen and oxygen atoms in total. The van der Waals surface area contributed by atoms with Crippen LogP contribution in [-0.4, -0.2) is 86.2 Å². The first-order chi connectivity index (χ1) is 19.8. The van der Waals surface area contributed by atoms with Crippen molar-refractivity contribution in [3.05, 3.63) is 47.8 Å². The van der Waals surface area contributed by atoms with Crippen molar-refractivity contribution in [1.29, 1.82) is 0 Å². The van der Waals surface area contributed by atoms with Crippen molar-refractivity contribution >= 4 is 32.7 Å². The zero-order valence-electron chi connectivity index (χ0n) is 23.8. The summed E-state index contributed by atoms with van der Waals surface area (Å²) in [5, 5.41) is 6.20. The number of ether oxygens (including phenoxy) is 1. The lowest BCUT2D eigenvalue weighted by molar-refractivity contribution is -0.118. The van der Waals surface area contributed by atoms with Crippen molar-refractivity contribution in [2.24, 2.45) is 5.92 Å². The summed E-state index contributed by atoms with van der Waals surface area (Å²) in [6.45, 7) is 6.72. The first kappa shape index (κ1) is 28.1. The molecule has 2 aromatic heterocycles. The van der Waals surface area contributed by atoms with Gasteiger partial charge in [-0.15, -0.1) is 0 Å². The molecule has 2 saturated heterocycles. The number of hydrogen-bond donors (Lipinski definition) is 1. The number of morpholine rings is 1. The summed E-state index contributed by atoms with van der Waals surface area (Å²) in [6, 6.07) is 12.0. The lowest BCUT2D eigenvalue weighted by atomic mass is 9.81. The Morgan fingerprint density at radius 3 is 2.44 bits per heavy atom. The minimum atomic E-state index is -3.66. The van der Waals surface area contributed by atoms with Crippen LogP contribution in [0.5, 0.6) is 0 Å².